The van der Waals surface area contributed by atoms with Crippen LogP contribution in [0, 0.1) is 0 Å². The average molecular weight is 794 g/mol. The SMILES string of the molecule is CC(C)[O-].CC(C)[O-].CC(C)[O-].CC(C)[O-].CC(C)[O-].CC(C)[O-].CC(C)[O-].CC(C)[O-].[Ba+2].[W]. The van der Waals surface area contributed by atoms with E-state index in [0.29, 0.717) is 0 Å². The van der Waals surface area contributed by atoms with Crippen LogP contribution in [0.4, 0.5) is 0 Å². The van der Waals surface area contributed by atoms with Gasteiger partial charge in [0.2, 0.25) is 0 Å². The van der Waals surface area contributed by atoms with Gasteiger partial charge in [-0.05, 0) is 0 Å². The zero-order valence-electron chi connectivity index (χ0n) is 25.0. The van der Waals surface area contributed by atoms with E-state index in [1.54, 1.807) is 111 Å². The molecule has 0 saturated carbocycles. The van der Waals surface area contributed by atoms with Gasteiger partial charge in [0.05, 0.1) is 0 Å². The van der Waals surface area contributed by atoms with E-state index >= 15 is 0 Å². The summed E-state index contributed by atoms with van der Waals surface area (Å²) in [6.07, 6.45) is -3.33. The minimum atomic E-state index is -0.417. The van der Waals surface area contributed by atoms with Crippen molar-refractivity contribution >= 4 is 48.9 Å². The Labute approximate surface area is 267 Å². The first-order valence-corrected chi connectivity index (χ1v) is 11.1. The third-order valence-electron chi connectivity index (χ3n) is 0. The summed E-state index contributed by atoms with van der Waals surface area (Å²) in [5, 5.41) is 76.2. The number of hydrogen-bond donors (Lipinski definition) is 0. The van der Waals surface area contributed by atoms with Crippen molar-refractivity contribution in [3.05, 3.63) is 0 Å². The summed E-state index contributed by atoms with van der Waals surface area (Å²) in [5.74, 6) is 0. The zero-order chi connectivity index (χ0) is 28.6. The van der Waals surface area contributed by atoms with Crippen LogP contribution in [-0.4, -0.2) is 97.7 Å². The van der Waals surface area contributed by atoms with Gasteiger partial charge in [0, 0.05) is 21.1 Å². The predicted octanol–water partition coefficient (Wildman–Crippen LogP) is -2.34. The molecule has 0 bridgehead atoms. The van der Waals surface area contributed by atoms with E-state index in [9.17, 15) is 40.9 Å². The third-order valence-corrected chi connectivity index (χ3v) is 0. The maximum atomic E-state index is 9.53. The molecule has 0 amide bonds. The Bertz CT molecular complexity index is 149. The van der Waals surface area contributed by atoms with Crippen molar-refractivity contribution in [2.75, 3.05) is 0 Å². The van der Waals surface area contributed by atoms with Gasteiger partial charge in [0.25, 0.3) is 0 Å². The fourth-order valence-electron chi connectivity index (χ4n) is 0. The first-order valence-electron chi connectivity index (χ1n) is 11.1. The van der Waals surface area contributed by atoms with Crippen molar-refractivity contribution in [1.82, 2.24) is 0 Å². The van der Waals surface area contributed by atoms with Gasteiger partial charge in [-0.1, -0.05) is 111 Å². The first-order chi connectivity index (χ1) is 13.9. The smallest absolute Gasteiger partial charge is 0.852 e. The Morgan fingerprint density at radius 1 is 0.235 bits per heavy atom. The molecular formula is C24H56BaO8W-6. The molecule has 0 aliphatic heterocycles. The molecule has 0 aliphatic rings. The average Bonchev–Trinajstić information content (AvgIpc) is 2.30. The molecule has 0 aromatic rings. The topological polar surface area (TPSA) is 184 Å². The summed E-state index contributed by atoms with van der Waals surface area (Å²) in [6.45, 7) is 25.8. The van der Waals surface area contributed by atoms with E-state index in [1.807, 2.05) is 0 Å². The summed E-state index contributed by atoms with van der Waals surface area (Å²) < 4.78 is 0. The van der Waals surface area contributed by atoms with Gasteiger partial charge in [0.15, 0.2) is 0 Å². The van der Waals surface area contributed by atoms with Crippen LogP contribution in [0.15, 0.2) is 0 Å². The van der Waals surface area contributed by atoms with Crippen LogP contribution in [0.25, 0.3) is 0 Å². The van der Waals surface area contributed by atoms with E-state index in [1.165, 1.54) is 0 Å². The molecule has 34 heavy (non-hydrogen) atoms. The quantitative estimate of drug-likeness (QED) is 0.245. The van der Waals surface area contributed by atoms with Gasteiger partial charge in [-0.3, -0.25) is 0 Å². The largest absolute Gasteiger partial charge is 2.00 e. The third kappa shape index (κ3) is 9790. The van der Waals surface area contributed by atoms with Gasteiger partial charge in [-0.15, -0.1) is 48.8 Å². The second kappa shape index (κ2) is 59.8. The summed E-state index contributed by atoms with van der Waals surface area (Å²) in [7, 11) is 0. The maximum absolute atomic E-state index is 9.53. The Hall–Kier alpha value is 1.94. The van der Waals surface area contributed by atoms with Crippen LogP contribution in [0.5, 0.6) is 0 Å². The van der Waals surface area contributed by atoms with Crippen LogP contribution in [-0.2, 0) is 21.1 Å². The molecule has 0 unspecified atom stereocenters. The monoisotopic (exact) mass is 794 g/mol. The van der Waals surface area contributed by atoms with E-state index < -0.39 is 48.8 Å². The predicted molar refractivity (Wildman–Crippen MR) is 127 cm³/mol. The molecule has 0 aliphatic carbocycles. The van der Waals surface area contributed by atoms with Crippen molar-refractivity contribution < 1.29 is 61.9 Å². The van der Waals surface area contributed by atoms with Crippen molar-refractivity contribution in [3.63, 3.8) is 0 Å². The fraction of sp³-hybridized carbons (Fsp3) is 1.00. The second-order valence-electron chi connectivity index (χ2n) is 8.39. The summed E-state index contributed by atoms with van der Waals surface area (Å²) in [4.78, 5) is 0. The standard InChI is InChI=1S/8C3H7O.Ba.W/c8*1-3(2)4;;/h8*3H,1-2H3;;/q8*-1;+2;. The molecule has 0 saturated heterocycles. The van der Waals surface area contributed by atoms with E-state index in [0.717, 1.165) is 0 Å². The molecule has 0 radical (unpaired) electrons. The van der Waals surface area contributed by atoms with Crippen molar-refractivity contribution in [2.45, 2.75) is 160 Å². The van der Waals surface area contributed by atoms with Gasteiger partial charge in [0.1, 0.15) is 0 Å². The van der Waals surface area contributed by atoms with Crippen LogP contribution < -0.4 is 40.9 Å². The van der Waals surface area contributed by atoms with Crippen molar-refractivity contribution in [3.8, 4) is 0 Å². The second-order valence-corrected chi connectivity index (χ2v) is 8.39. The zero-order valence-corrected chi connectivity index (χ0v) is 32.4. The summed E-state index contributed by atoms with van der Waals surface area (Å²) in [5.41, 5.74) is 0. The minimum Gasteiger partial charge on any atom is -0.852 e. The maximum Gasteiger partial charge on any atom is 2.00 e. The van der Waals surface area contributed by atoms with Crippen LogP contribution in [0.3, 0.4) is 0 Å². The molecule has 0 fully saturated rings. The van der Waals surface area contributed by atoms with Crippen molar-refractivity contribution in [1.29, 1.82) is 0 Å². The molecule has 0 rings (SSSR count). The van der Waals surface area contributed by atoms with E-state index in [4.69, 9.17) is 0 Å². The molecule has 0 spiro atoms. The van der Waals surface area contributed by atoms with Crippen LogP contribution >= 0.6 is 0 Å². The van der Waals surface area contributed by atoms with Gasteiger partial charge < -0.3 is 40.9 Å². The van der Waals surface area contributed by atoms with Gasteiger partial charge in [-0.2, -0.15) is 0 Å². The van der Waals surface area contributed by atoms with Crippen LogP contribution in [0.1, 0.15) is 111 Å². The normalized spacial score (nSPS) is 8.47. The Balaban J connectivity index is -0.0000000240. The molecule has 0 aromatic heterocycles. The molecule has 8 nitrogen and oxygen atoms in total. The van der Waals surface area contributed by atoms with Crippen LogP contribution in [0.2, 0.25) is 0 Å². The molecular weight excluding hydrogens is 737 g/mol. The Morgan fingerprint density at radius 3 is 0.235 bits per heavy atom. The van der Waals surface area contributed by atoms with Gasteiger partial charge >= 0.3 is 48.9 Å². The molecule has 0 heterocycles. The molecule has 0 aromatic carbocycles. The van der Waals surface area contributed by atoms with E-state index in [-0.39, 0.29) is 69.9 Å². The van der Waals surface area contributed by atoms with Gasteiger partial charge in [-0.25, -0.2) is 0 Å². The van der Waals surface area contributed by atoms with Crippen molar-refractivity contribution in [2.24, 2.45) is 0 Å². The number of hydrogen-bond acceptors (Lipinski definition) is 8. The summed E-state index contributed by atoms with van der Waals surface area (Å²) >= 11 is 0. The molecule has 0 N–H and O–H groups in total. The fourth-order valence-corrected chi connectivity index (χ4v) is 0. The molecule has 0 atom stereocenters. The minimum absolute atomic E-state index is 0. The Kier molecular flexibility index (Phi) is 115. The molecule has 10 heteroatoms. The number of rotatable bonds is 0. The first kappa shape index (κ1) is 65.2. The Morgan fingerprint density at radius 2 is 0.235 bits per heavy atom. The molecule has 214 valence electrons. The summed E-state index contributed by atoms with van der Waals surface area (Å²) in [6, 6.07) is 0. The van der Waals surface area contributed by atoms with E-state index in [2.05, 4.69) is 0 Å².